The topological polar surface area (TPSA) is 49.4 Å². The lowest BCUT2D eigenvalue weighted by molar-refractivity contribution is 0.463. The molecule has 4 nitrogen and oxygen atoms in total. The Balaban J connectivity index is 2.55. The largest absolute Gasteiger partial charge is 0.313 e. The van der Waals surface area contributed by atoms with E-state index in [-0.39, 0.29) is 11.8 Å². The van der Waals surface area contributed by atoms with Crippen LogP contribution < -0.4 is 5.32 Å². The molecule has 0 aliphatic rings. The molecule has 0 saturated carbocycles. The second-order valence-corrected chi connectivity index (χ2v) is 7.44. The third-order valence-corrected chi connectivity index (χ3v) is 4.76. The molecular weight excluding hydrogens is 284 g/mol. The van der Waals surface area contributed by atoms with Crippen molar-refractivity contribution in [1.82, 2.24) is 9.62 Å². The molecule has 0 amide bonds. The molecule has 0 aliphatic carbocycles. The first-order chi connectivity index (χ1) is 8.81. The molecule has 0 bridgehead atoms. The fraction of sp³-hybridized carbons (Fsp3) is 0.538. The van der Waals surface area contributed by atoms with Crippen LogP contribution in [-0.4, -0.2) is 38.1 Å². The average molecular weight is 305 g/mol. The monoisotopic (exact) mass is 304 g/mol. The van der Waals surface area contributed by atoms with Crippen molar-refractivity contribution >= 4 is 21.6 Å². The molecular formula is C13H21ClN2O2S. The molecule has 1 rings (SSSR count). The Morgan fingerprint density at radius 1 is 1.26 bits per heavy atom. The smallest absolute Gasteiger partial charge is 0.215 e. The molecule has 19 heavy (non-hydrogen) atoms. The fourth-order valence-electron chi connectivity index (χ4n) is 1.58. The molecule has 1 N–H and O–H groups in total. The molecule has 0 aromatic heterocycles. The second-order valence-electron chi connectivity index (χ2n) is 4.81. The summed E-state index contributed by atoms with van der Waals surface area (Å²) in [6.07, 6.45) is 0. The molecule has 0 atom stereocenters. The van der Waals surface area contributed by atoms with Crippen LogP contribution in [0.3, 0.4) is 0 Å². The maximum atomic E-state index is 12.0. The van der Waals surface area contributed by atoms with Crippen molar-refractivity contribution in [3.05, 3.63) is 34.9 Å². The van der Waals surface area contributed by atoms with E-state index < -0.39 is 10.0 Å². The molecule has 0 radical (unpaired) electrons. The Labute approximate surface area is 120 Å². The van der Waals surface area contributed by atoms with E-state index in [0.717, 1.165) is 5.56 Å². The molecule has 108 valence electrons. The average Bonchev–Trinajstić information content (AvgIpc) is 2.31. The van der Waals surface area contributed by atoms with E-state index in [2.05, 4.69) is 5.32 Å². The first-order valence-electron chi connectivity index (χ1n) is 6.23. The van der Waals surface area contributed by atoms with Gasteiger partial charge in [-0.05, 0) is 17.7 Å². The van der Waals surface area contributed by atoms with Crippen LogP contribution in [0.1, 0.15) is 19.4 Å². The molecule has 1 aromatic rings. The highest BCUT2D eigenvalue weighted by Crippen LogP contribution is 2.12. The van der Waals surface area contributed by atoms with Crippen LogP contribution in [0.2, 0.25) is 5.02 Å². The predicted molar refractivity (Wildman–Crippen MR) is 79.8 cm³/mol. The number of halogens is 1. The van der Waals surface area contributed by atoms with Crippen molar-refractivity contribution in [3.8, 4) is 0 Å². The van der Waals surface area contributed by atoms with Crippen LogP contribution in [-0.2, 0) is 16.6 Å². The number of hydrogen-bond donors (Lipinski definition) is 1. The van der Waals surface area contributed by atoms with Crippen LogP contribution in [0.25, 0.3) is 0 Å². The van der Waals surface area contributed by atoms with Crippen LogP contribution in [0.5, 0.6) is 0 Å². The molecule has 0 heterocycles. The van der Waals surface area contributed by atoms with Gasteiger partial charge in [0.15, 0.2) is 0 Å². The van der Waals surface area contributed by atoms with Crippen LogP contribution in [0, 0.1) is 0 Å². The van der Waals surface area contributed by atoms with E-state index in [1.165, 1.54) is 4.31 Å². The van der Waals surface area contributed by atoms with E-state index in [0.29, 0.717) is 18.1 Å². The summed E-state index contributed by atoms with van der Waals surface area (Å²) < 4.78 is 25.5. The number of sulfonamides is 1. The quantitative estimate of drug-likeness (QED) is 0.839. The van der Waals surface area contributed by atoms with E-state index in [1.807, 2.05) is 26.0 Å². The Bertz CT molecular complexity index is 486. The van der Waals surface area contributed by atoms with E-state index in [9.17, 15) is 8.42 Å². The summed E-state index contributed by atoms with van der Waals surface area (Å²) in [6, 6.07) is 7.48. The number of rotatable bonds is 7. The maximum absolute atomic E-state index is 12.0. The van der Waals surface area contributed by atoms with Crippen molar-refractivity contribution in [2.24, 2.45) is 0 Å². The van der Waals surface area contributed by atoms with Gasteiger partial charge >= 0.3 is 0 Å². The molecule has 0 unspecified atom stereocenters. The molecule has 0 spiro atoms. The number of nitrogens with one attached hydrogen (secondary N) is 1. The van der Waals surface area contributed by atoms with Gasteiger partial charge in [0.1, 0.15) is 0 Å². The van der Waals surface area contributed by atoms with E-state index >= 15 is 0 Å². The van der Waals surface area contributed by atoms with Gasteiger partial charge in [-0.2, -0.15) is 0 Å². The van der Waals surface area contributed by atoms with Gasteiger partial charge < -0.3 is 5.32 Å². The third kappa shape index (κ3) is 5.91. The number of nitrogens with zero attached hydrogens (tertiary/aromatic N) is 1. The number of benzene rings is 1. The first-order valence-corrected chi connectivity index (χ1v) is 8.22. The van der Waals surface area contributed by atoms with Crippen molar-refractivity contribution in [2.75, 3.05) is 19.3 Å². The highest BCUT2D eigenvalue weighted by molar-refractivity contribution is 7.89. The Morgan fingerprint density at radius 2 is 1.84 bits per heavy atom. The molecule has 6 heteroatoms. The summed E-state index contributed by atoms with van der Waals surface area (Å²) >= 11 is 5.80. The fourth-order valence-corrected chi connectivity index (χ4v) is 2.74. The van der Waals surface area contributed by atoms with Gasteiger partial charge in [0.2, 0.25) is 10.0 Å². The van der Waals surface area contributed by atoms with Gasteiger partial charge in [-0.15, -0.1) is 0 Å². The summed E-state index contributed by atoms with van der Waals surface area (Å²) in [6.45, 7) is 4.81. The minimum atomic E-state index is -3.23. The standard InChI is InChI=1S/C13H21ClN2O2S/c1-11(2)15-8-9-19(17,18)16(3)10-12-4-6-13(14)7-5-12/h4-7,11,15H,8-10H2,1-3H3. The molecule has 0 saturated heterocycles. The summed E-state index contributed by atoms with van der Waals surface area (Å²) in [5.74, 6) is 0.106. The van der Waals surface area contributed by atoms with E-state index in [1.54, 1.807) is 19.2 Å². The first kappa shape index (κ1) is 16.4. The predicted octanol–water partition coefficient (Wildman–Crippen LogP) is 2.10. The van der Waals surface area contributed by atoms with Gasteiger partial charge in [0, 0.05) is 31.2 Å². The molecule has 0 fully saturated rings. The zero-order valence-corrected chi connectivity index (χ0v) is 13.1. The summed E-state index contributed by atoms with van der Waals surface area (Å²) in [5, 5.41) is 3.75. The SMILES string of the molecule is CC(C)NCCS(=O)(=O)N(C)Cc1ccc(Cl)cc1. The Hall–Kier alpha value is -0.620. The summed E-state index contributed by atoms with van der Waals surface area (Å²) in [5.41, 5.74) is 0.923. The van der Waals surface area contributed by atoms with Crippen LogP contribution >= 0.6 is 11.6 Å². The lowest BCUT2D eigenvalue weighted by Crippen LogP contribution is -2.35. The Kier molecular flexibility index (Phi) is 6.26. The lowest BCUT2D eigenvalue weighted by atomic mass is 10.2. The normalized spacial score (nSPS) is 12.3. The zero-order valence-electron chi connectivity index (χ0n) is 11.6. The van der Waals surface area contributed by atoms with Crippen molar-refractivity contribution in [3.63, 3.8) is 0 Å². The molecule has 1 aromatic carbocycles. The van der Waals surface area contributed by atoms with Crippen LogP contribution in [0.15, 0.2) is 24.3 Å². The zero-order chi connectivity index (χ0) is 14.5. The van der Waals surface area contributed by atoms with Gasteiger partial charge in [-0.1, -0.05) is 37.6 Å². The number of hydrogen-bond acceptors (Lipinski definition) is 3. The highest BCUT2D eigenvalue weighted by Gasteiger charge is 2.17. The van der Waals surface area contributed by atoms with Gasteiger partial charge in [0.25, 0.3) is 0 Å². The second kappa shape index (κ2) is 7.24. The molecule has 0 aliphatic heterocycles. The van der Waals surface area contributed by atoms with E-state index in [4.69, 9.17) is 11.6 Å². The highest BCUT2D eigenvalue weighted by atomic mass is 35.5. The Morgan fingerprint density at radius 3 is 2.37 bits per heavy atom. The van der Waals surface area contributed by atoms with Crippen molar-refractivity contribution in [2.45, 2.75) is 26.4 Å². The maximum Gasteiger partial charge on any atom is 0.215 e. The summed E-state index contributed by atoms with van der Waals surface area (Å²) in [4.78, 5) is 0. The van der Waals surface area contributed by atoms with Crippen molar-refractivity contribution < 1.29 is 8.42 Å². The van der Waals surface area contributed by atoms with Crippen molar-refractivity contribution in [1.29, 1.82) is 0 Å². The van der Waals surface area contributed by atoms with Gasteiger partial charge in [-0.25, -0.2) is 12.7 Å². The van der Waals surface area contributed by atoms with Gasteiger partial charge in [-0.3, -0.25) is 0 Å². The summed E-state index contributed by atoms with van der Waals surface area (Å²) in [7, 11) is -1.63. The minimum Gasteiger partial charge on any atom is -0.313 e. The minimum absolute atomic E-state index is 0.106. The lowest BCUT2D eigenvalue weighted by Gasteiger charge is -2.18. The van der Waals surface area contributed by atoms with Crippen LogP contribution in [0.4, 0.5) is 0 Å². The third-order valence-electron chi connectivity index (χ3n) is 2.71. The van der Waals surface area contributed by atoms with Gasteiger partial charge in [0.05, 0.1) is 5.75 Å².